The Morgan fingerprint density at radius 2 is 1.57 bits per heavy atom. The topological polar surface area (TPSA) is 149 Å². The Kier molecular flexibility index (Phi) is 10.7. The molecule has 1 heterocycles. The molecule has 0 spiro atoms. The summed E-state index contributed by atoms with van der Waals surface area (Å²) in [7, 11) is 1.55. The van der Waals surface area contributed by atoms with Gasteiger partial charge in [0.25, 0.3) is 11.1 Å². The molecule has 3 aromatic rings. The average molecular weight is 663 g/mol. The van der Waals surface area contributed by atoms with Crippen LogP contribution in [0.25, 0.3) is 0 Å². The van der Waals surface area contributed by atoms with E-state index in [9.17, 15) is 19.2 Å². The number of benzene rings is 3. The molecular formula is C35H42N4O7S. The van der Waals surface area contributed by atoms with Gasteiger partial charge >= 0.3 is 6.09 Å². The molecule has 1 unspecified atom stereocenters. The van der Waals surface area contributed by atoms with Crippen molar-refractivity contribution in [3.63, 3.8) is 0 Å². The lowest BCUT2D eigenvalue weighted by atomic mass is 9.85. The van der Waals surface area contributed by atoms with E-state index >= 15 is 0 Å². The van der Waals surface area contributed by atoms with Crippen molar-refractivity contribution >= 4 is 52.0 Å². The third-order valence-corrected chi connectivity index (χ3v) is 8.06. The summed E-state index contributed by atoms with van der Waals surface area (Å²) in [5, 5.41) is 4.27. The number of carbonyl (C=O) groups excluding carboxylic acids is 4. The van der Waals surface area contributed by atoms with Crippen molar-refractivity contribution in [2.24, 2.45) is 0 Å². The number of carbonyl (C=O) groups is 4. The lowest BCUT2D eigenvalue weighted by Gasteiger charge is -2.26. The minimum absolute atomic E-state index is 0.0845. The highest BCUT2D eigenvalue weighted by Gasteiger charge is 2.31. The molecular weight excluding hydrogens is 620 g/mol. The molecule has 4 N–H and O–H groups in total. The molecule has 1 saturated heterocycles. The van der Waals surface area contributed by atoms with E-state index < -0.39 is 22.9 Å². The zero-order valence-electron chi connectivity index (χ0n) is 27.8. The van der Waals surface area contributed by atoms with Gasteiger partial charge in [-0.25, -0.2) is 4.79 Å². The molecule has 11 nitrogen and oxygen atoms in total. The first-order valence-electron chi connectivity index (χ1n) is 15.1. The summed E-state index contributed by atoms with van der Waals surface area (Å²) in [5.41, 5.74) is 9.70. The van der Waals surface area contributed by atoms with E-state index in [1.807, 2.05) is 18.2 Å². The molecule has 4 amide bonds. The standard InChI is InChI=1S/C35H42N4O7S/c1-34(2,3)25-14-10-22(16-26(25)36)19-44-24-13-15-27(28(18-24)39(7)33(43)46-35(4,5)6)37-30(40)20-45-23-11-8-21(9-12-23)17-29-31(41)38-32(42)47-29/h8-16,18,29H,17,19-20,36H2,1-7H3,(H,37,40)(H,38,41,42). The molecule has 1 aliphatic rings. The van der Waals surface area contributed by atoms with Gasteiger partial charge in [-0.05, 0) is 79.6 Å². The van der Waals surface area contributed by atoms with E-state index in [1.165, 1.54) is 4.90 Å². The van der Waals surface area contributed by atoms with Gasteiger partial charge in [0.2, 0.25) is 5.91 Å². The molecule has 0 aromatic heterocycles. The maximum Gasteiger partial charge on any atom is 0.414 e. The molecule has 47 heavy (non-hydrogen) atoms. The van der Waals surface area contributed by atoms with E-state index in [1.54, 1.807) is 70.3 Å². The monoisotopic (exact) mass is 662 g/mol. The SMILES string of the molecule is CN(C(=O)OC(C)(C)C)c1cc(OCc2ccc(C(C)(C)C)c(N)c2)ccc1NC(=O)COc1ccc(CC2SC(=O)NC2=O)cc1. The number of nitrogen functional groups attached to an aromatic ring is 1. The van der Waals surface area contributed by atoms with Crippen LogP contribution >= 0.6 is 11.8 Å². The number of thioether (sulfide) groups is 1. The van der Waals surface area contributed by atoms with Crippen molar-refractivity contribution in [2.45, 2.75) is 70.8 Å². The van der Waals surface area contributed by atoms with Gasteiger partial charge in [-0.2, -0.15) is 0 Å². The number of nitrogens with zero attached hydrogens (tertiary/aromatic N) is 1. The lowest BCUT2D eigenvalue weighted by Crippen LogP contribution is -2.34. The van der Waals surface area contributed by atoms with Gasteiger partial charge < -0.3 is 25.3 Å². The van der Waals surface area contributed by atoms with E-state index in [4.69, 9.17) is 19.9 Å². The zero-order chi connectivity index (χ0) is 34.5. The van der Waals surface area contributed by atoms with Gasteiger partial charge in [0, 0.05) is 18.8 Å². The number of amides is 4. The van der Waals surface area contributed by atoms with Crippen LogP contribution in [0, 0.1) is 0 Å². The smallest absolute Gasteiger partial charge is 0.414 e. The highest BCUT2D eigenvalue weighted by molar-refractivity contribution is 8.15. The van der Waals surface area contributed by atoms with Crippen molar-refractivity contribution in [3.8, 4) is 11.5 Å². The minimum Gasteiger partial charge on any atom is -0.489 e. The number of hydrogen-bond acceptors (Lipinski definition) is 9. The van der Waals surface area contributed by atoms with Gasteiger partial charge in [0.15, 0.2) is 6.61 Å². The van der Waals surface area contributed by atoms with Crippen LogP contribution in [0.4, 0.5) is 26.7 Å². The second-order valence-corrected chi connectivity index (χ2v) is 14.4. The van der Waals surface area contributed by atoms with Crippen molar-refractivity contribution in [1.29, 1.82) is 0 Å². The Morgan fingerprint density at radius 1 is 0.915 bits per heavy atom. The van der Waals surface area contributed by atoms with Gasteiger partial charge in [-0.15, -0.1) is 0 Å². The summed E-state index contributed by atoms with van der Waals surface area (Å²) in [6.45, 7) is 11.6. The Balaban J connectivity index is 1.43. The molecule has 0 bridgehead atoms. The van der Waals surface area contributed by atoms with Crippen LogP contribution in [0.1, 0.15) is 58.2 Å². The summed E-state index contributed by atoms with van der Waals surface area (Å²) in [4.78, 5) is 50.5. The van der Waals surface area contributed by atoms with Crippen molar-refractivity contribution in [3.05, 3.63) is 77.4 Å². The number of nitrogens with one attached hydrogen (secondary N) is 2. The molecule has 0 aliphatic carbocycles. The Bertz CT molecular complexity index is 1650. The number of rotatable bonds is 10. The van der Waals surface area contributed by atoms with E-state index in [-0.39, 0.29) is 29.8 Å². The number of hydrogen-bond donors (Lipinski definition) is 3. The molecule has 250 valence electrons. The van der Waals surface area contributed by atoms with Crippen LogP contribution in [-0.2, 0) is 32.8 Å². The van der Waals surface area contributed by atoms with E-state index in [0.29, 0.717) is 35.0 Å². The minimum atomic E-state index is -0.731. The summed E-state index contributed by atoms with van der Waals surface area (Å²) < 4.78 is 17.3. The first-order chi connectivity index (χ1) is 22.0. The van der Waals surface area contributed by atoms with Gasteiger partial charge in [-0.1, -0.05) is 56.8 Å². The first kappa shape index (κ1) is 35.1. The average Bonchev–Trinajstić information content (AvgIpc) is 3.30. The van der Waals surface area contributed by atoms with Crippen molar-refractivity contribution in [2.75, 3.05) is 29.6 Å². The second-order valence-electron chi connectivity index (χ2n) is 13.2. The second kappa shape index (κ2) is 14.4. The number of ether oxygens (including phenoxy) is 3. The summed E-state index contributed by atoms with van der Waals surface area (Å²) >= 11 is 0.970. The largest absolute Gasteiger partial charge is 0.489 e. The van der Waals surface area contributed by atoms with E-state index in [2.05, 4.69) is 31.4 Å². The molecule has 12 heteroatoms. The maximum atomic E-state index is 13.0. The Labute approximate surface area is 279 Å². The first-order valence-corrected chi connectivity index (χ1v) is 16.0. The highest BCUT2D eigenvalue weighted by atomic mass is 32.2. The number of nitrogens with two attached hydrogens (primary N) is 1. The summed E-state index contributed by atoms with van der Waals surface area (Å²) in [6.07, 6.45) is -0.210. The van der Waals surface area contributed by atoms with Gasteiger partial charge in [0.1, 0.15) is 23.7 Å². The zero-order valence-corrected chi connectivity index (χ0v) is 28.6. The van der Waals surface area contributed by atoms with Crippen LogP contribution in [0.2, 0.25) is 0 Å². The Hall–Kier alpha value is -4.71. The molecule has 0 saturated carbocycles. The van der Waals surface area contributed by atoms with Crippen LogP contribution in [0.15, 0.2) is 60.7 Å². The molecule has 3 aromatic carbocycles. The van der Waals surface area contributed by atoms with Crippen LogP contribution < -0.4 is 30.7 Å². The van der Waals surface area contributed by atoms with Crippen LogP contribution in [-0.4, -0.2) is 47.7 Å². The fraction of sp³-hybridized carbons (Fsp3) is 0.371. The molecule has 1 atom stereocenters. The third-order valence-electron chi connectivity index (χ3n) is 7.08. The fourth-order valence-electron chi connectivity index (χ4n) is 4.76. The molecule has 4 rings (SSSR count). The summed E-state index contributed by atoms with van der Waals surface area (Å²) in [6, 6.07) is 17.8. The molecule has 1 aliphatic heterocycles. The lowest BCUT2D eigenvalue weighted by molar-refractivity contribution is -0.119. The van der Waals surface area contributed by atoms with Crippen LogP contribution in [0.3, 0.4) is 0 Å². The quantitative estimate of drug-likeness (QED) is 0.209. The predicted octanol–water partition coefficient (Wildman–Crippen LogP) is 6.43. The third kappa shape index (κ3) is 9.89. The fourth-order valence-corrected chi connectivity index (χ4v) is 5.62. The number of imide groups is 1. The summed E-state index contributed by atoms with van der Waals surface area (Å²) in [5.74, 6) is 0.175. The van der Waals surface area contributed by atoms with Crippen molar-refractivity contribution < 1.29 is 33.4 Å². The molecule has 0 radical (unpaired) electrons. The predicted molar refractivity (Wildman–Crippen MR) is 184 cm³/mol. The van der Waals surface area contributed by atoms with Crippen molar-refractivity contribution in [1.82, 2.24) is 5.32 Å². The van der Waals surface area contributed by atoms with Gasteiger partial charge in [-0.3, -0.25) is 24.6 Å². The number of anilines is 3. The van der Waals surface area contributed by atoms with Gasteiger partial charge in [0.05, 0.1) is 16.6 Å². The molecule has 1 fully saturated rings. The maximum absolute atomic E-state index is 13.0. The highest BCUT2D eigenvalue weighted by Crippen LogP contribution is 2.33. The van der Waals surface area contributed by atoms with E-state index in [0.717, 1.165) is 28.5 Å². The normalized spacial score (nSPS) is 14.7. The van der Waals surface area contributed by atoms with Crippen LogP contribution in [0.5, 0.6) is 11.5 Å². The Morgan fingerprint density at radius 3 is 2.17 bits per heavy atom.